The maximum atomic E-state index is 12.7. The molecule has 3 aromatic rings. The van der Waals surface area contributed by atoms with Crippen molar-refractivity contribution >= 4 is 39.1 Å². The zero-order valence-electron chi connectivity index (χ0n) is 14.5. The number of ether oxygens (including phenoxy) is 1. The first kappa shape index (κ1) is 18.1. The Kier molecular flexibility index (Phi) is 5.37. The second-order valence-electron chi connectivity index (χ2n) is 5.79. The van der Waals surface area contributed by atoms with Gasteiger partial charge >= 0.3 is 5.97 Å². The number of aryl methyl sites for hydroxylation is 1. The number of hydrogen-bond acceptors (Lipinski definition) is 4. The molecule has 0 aliphatic carbocycles. The summed E-state index contributed by atoms with van der Waals surface area (Å²) in [6, 6.07) is 10.3. The van der Waals surface area contributed by atoms with E-state index >= 15 is 0 Å². The van der Waals surface area contributed by atoms with Gasteiger partial charge in [-0.1, -0.05) is 6.92 Å². The van der Waals surface area contributed by atoms with Crippen LogP contribution in [0.4, 0.5) is 5.69 Å². The van der Waals surface area contributed by atoms with Crippen molar-refractivity contribution in [3.63, 3.8) is 0 Å². The van der Waals surface area contributed by atoms with E-state index in [0.717, 1.165) is 10.9 Å². The number of aromatic nitrogens is 2. The van der Waals surface area contributed by atoms with Gasteiger partial charge in [0.1, 0.15) is 11.3 Å². The van der Waals surface area contributed by atoms with Crippen molar-refractivity contribution < 1.29 is 14.3 Å². The van der Waals surface area contributed by atoms with Crippen molar-refractivity contribution in [1.82, 2.24) is 9.38 Å². The normalized spacial score (nSPS) is 10.7. The number of carbonyl (C=O) groups is 2. The van der Waals surface area contributed by atoms with Crippen molar-refractivity contribution in [2.75, 3.05) is 11.9 Å². The molecule has 1 amide bonds. The molecule has 0 radical (unpaired) electrons. The minimum absolute atomic E-state index is 0.269. The third kappa shape index (κ3) is 3.77. The molecule has 2 heterocycles. The summed E-state index contributed by atoms with van der Waals surface area (Å²) in [5.41, 5.74) is 2.84. The molecule has 0 spiro atoms. The van der Waals surface area contributed by atoms with Gasteiger partial charge in [-0.05, 0) is 65.7 Å². The molecule has 7 heteroatoms. The molecule has 0 aliphatic heterocycles. The number of benzene rings is 1. The number of esters is 1. The van der Waals surface area contributed by atoms with Gasteiger partial charge in [0.05, 0.1) is 17.9 Å². The number of nitrogens with one attached hydrogen (secondary N) is 1. The van der Waals surface area contributed by atoms with Crippen molar-refractivity contribution in [3.05, 3.63) is 64.0 Å². The van der Waals surface area contributed by atoms with Gasteiger partial charge in [-0.25, -0.2) is 9.78 Å². The average Bonchev–Trinajstić information content (AvgIpc) is 2.95. The van der Waals surface area contributed by atoms with Gasteiger partial charge in [-0.15, -0.1) is 0 Å². The van der Waals surface area contributed by atoms with Crippen LogP contribution in [-0.4, -0.2) is 27.9 Å². The third-order valence-corrected chi connectivity index (χ3v) is 4.26. The van der Waals surface area contributed by atoms with Crippen molar-refractivity contribution in [1.29, 1.82) is 0 Å². The number of carbonyl (C=O) groups excluding carboxylic acids is 2. The Hall–Kier alpha value is -2.67. The summed E-state index contributed by atoms with van der Waals surface area (Å²) in [7, 11) is 0. The molecular weight excluding hydrogens is 398 g/mol. The molecule has 0 aliphatic rings. The highest BCUT2D eigenvalue weighted by atomic mass is 79.9. The van der Waals surface area contributed by atoms with Crippen molar-refractivity contribution in [2.45, 2.75) is 20.3 Å². The highest BCUT2D eigenvalue weighted by molar-refractivity contribution is 9.10. The molecule has 0 atom stereocenters. The van der Waals surface area contributed by atoms with Crippen LogP contribution in [0.1, 0.15) is 39.9 Å². The number of rotatable bonds is 5. The second-order valence-corrected chi connectivity index (χ2v) is 6.70. The first-order valence-electron chi connectivity index (χ1n) is 8.22. The monoisotopic (exact) mass is 415 g/mol. The number of pyridine rings is 1. The lowest BCUT2D eigenvalue weighted by atomic mass is 10.2. The minimum atomic E-state index is -0.368. The predicted octanol–water partition coefficient (Wildman–Crippen LogP) is 4.22. The van der Waals surface area contributed by atoms with Crippen LogP contribution in [0, 0.1) is 6.92 Å². The molecule has 0 fully saturated rings. The van der Waals surface area contributed by atoms with Crippen LogP contribution in [0.25, 0.3) is 5.65 Å². The zero-order valence-corrected chi connectivity index (χ0v) is 16.0. The van der Waals surface area contributed by atoms with Gasteiger partial charge in [0, 0.05) is 16.4 Å². The molecule has 134 valence electrons. The molecule has 0 unspecified atom stereocenters. The fourth-order valence-electron chi connectivity index (χ4n) is 2.57. The Labute approximate surface area is 159 Å². The topological polar surface area (TPSA) is 72.7 Å². The van der Waals surface area contributed by atoms with E-state index in [-0.39, 0.29) is 11.9 Å². The summed E-state index contributed by atoms with van der Waals surface area (Å²) in [6.07, 6.45) is 2.58. The number of anilines is 1. The predicted molar refractivity (Wildman–Crippen MR) is 103 cm³/mol. The van der Waals surface area contributed by atoms with Gasteiger partial charge in [0.15, 0.2) is 0 Å². The summed E-state index contributed by atoms with van der Waals surface area (Å²) in [6.45, 7) is 4.12. The van der Waals surface area contributed by atoms with Gasteiger partial charge in [0.2, 0.25) is 0 Å². The number of halogens is 1. The summed E-state index contributed by atoms with van der Waals surface area (Å²) >= 11 is 3.41. The Morgan fingerprint density at radius 2 is 1.92 bits per heavy atom. The summed E-state index contributed by atoms with van der Waals surface area (Å²) in [5.74, 6) is -0.637. The molecule has 0 bridgehead atoms. The molecule has 3 rings (SSSR count). The highest BCUT2D eigenvalue weighted by Crippen LogP contribution is 2.18. The number of nitrogens with zero attached hydrogens (tertiary/aromatic N) is 2. The standard InChI is InChI=1S/C19H18BrN3O3/c1-3-10-26-19(25)13-4-7-15(8-5-13)22-18(24)17-12(2)21-16-9-6-14(20)11-23(16)17/h4-9,11H,3,10H2,1-2H3,(H,22,24). The summed E-state index contributed by atoms with van der Waals surface area (Å²) < 4.78 is 7.68. The zero-order chi connectivity index (χ0) is 18.7. The van der Waals surface area contributed by atoms with Crippen LogP contribution in [0.3, 0.4) is 0 Å². The number of imidazole rings is 1. The summed E-state index contributed by atoms with van der Waals surface area (Å²) in [5, 5.41) is 2.84. The van der Waals surface area contributed by atoms with Crippen LogP contribution in [-0.2, 0) is 4.74 Å². The molecule has 2 aromatic heterocycles. The number of hydrogen-bond donors (Lipinski definition) is 1. The van der Waals surface area contributed by atoms with Crippen molar-refractivity contribution in [3.8, 4) is 0 Å². The molecule has 1 aromatic carbocycles. The minimum Gasteiger partial charge on any atom is -0.462 e. The van der Waals surface area contributed by atoms with Crippen LogP contribution < -0.4 is 5.32 Å². The molecule has 0 saturated carbocycles. The van der Waals surface area contributed by atoms with E-state index in [1.807, 2.05) is 19.1 Å². The molecule has 6 nitrogen and oxygen atoms in total. The van der Waals surface area contributed by atoms with Gasteiger partial charge in [0.25, 0.3) is 5.91 Å². The largest absolute Gasteiger partial charge is 0.462 e. The summed E-state index contributed by atoms with van der Waals surface area (Å²) in [4.78, 5) is 28.9. The number of fused-ring (bicyclic) bond motifs is 1. The first-order chi connectivity index (χ1) is 12.5. The molecule has 1 N–H and O–H groups in total. The average molecular weight is 416 g/mol. The Balaban J connectivity index is 1.79. The van der Waals surface area contributed by atoms with Gasteiger partial charge in [-0.3, -0.25) is 9.20 Å². The Morgan fingerprint density at radius 3 is 2.62 bits per heavy atom. The fourth-order valence-corrected chi connectivity index (χ4v) is 2.90. The Bertz CT molecular complexity index is 964. The van der Waals surface area contributed by atoms with Gasteiger partial charge < -0.3 is 10.1 Å². The van der Waals surface area contributed by atoms with Crippen molar-refractivity contribution in [2.24, 2.45) is 0 Å². The van der Waals surface area contributed by atoms with Crippen LogP contribution >= 0.6 is 15.9 Å². The molecule has 26 heavy (non-hydrogen) atoms. The lowest BCUT2D eigenvalue weighted by Crippen LogP contribution is -2.15. The second kappa shape index (κ2) is 7.70. The Morgan fingerprint density at radius 1 is 1.19 bits per heavy atom. The number of amides is 1. The van der Waals surface area contributed by atoms with E-state index in [0.29, 0.717) is 34.9 Å². The van der Waals surface area contributed by atoms with E-state index in [1.165, 1.54) is 0 Å². The van der Waals surface area contributed by atoms with E-state index in [2.05, 4.69) is 26.2 Å². The van der Waals surface area contributed by atoms with E-state index in [9.17, 15) is 9.59 Å². The van der Waals surface area contributed by atoms with Crippen LogP contribution in [0.2, 0.25) is 0 Å². The molecule has 0 saturated heterocycles. The maximum Gasteiger partial charge on any atom is 0.338 e. The van der Waals surface area contributed by atoms with E-state index < -0.39 is 0 Å². The lowest BCUT2D eigenvalue weighted by molar-refractivity contribution is 0.0505. The van der Waals surface area contributed by atoms with Gasteiger partial charge in [-0.2, -0.15) is 0 Å². The van der Waals surface area contributed by atoms with E-state index in [1.54, 1.807) is 41.8 Å². The fraction of sp³-hybridized carbons (Fsp3) is 0.211. The van der Waals surface area contributed by atoms with Crippen LogP contribution in [0.5, 0.6) is 0 Å². The van der Waals surface area contributed by atoms with Crippen LogP contribution in [0.15, 0.2) is 47.1 Å². The quantitative estimate of drug-likeness (QED) is 0.632. The maximum absolute atomic E-state index is 12.7. The smallest absolute Gasteiger partial charge is 0.338 e. The highest BCUT2D eigenvalue weighted by Gasteiger charge is 2.17. The SMILES string of the molecule is CCCOC(=O)c1ccc(NC(=O)c2c(C)nc3ccc(Br)cn23)cc1. The molecular formula is C19H18BrN3O3. The van der Waals surface area contributed by atoms with E-state index in [4.69, 9.17) is 4.74 Å². The first-order valence-corrected chi connectivity index (χ1v) is 9.01. The lowest BCUT2D eigenvalue weighted by Gasteiger charge is -2.08. The third-order valence-electron chi connectivity index (χ3n) is 3.79.